The van der Waals surface area contributed by atoms with Gasteiger partial charge in [-0.3, -0.25) is 0 Å². The Bertz CT molecular complexity index is 520. The normalized spacial score (nSPS) is 21.7. The number of nitrogens with zero attached hydrogens (tertiary/aromatic N) is 1. The fraction of sp³-hybridized carbons (Fsp3) is 0.667. The highest BCUT2D eigenvalue weighted by molar-refractivity contribution is 7.91. The van der Waals surface area contributed by atoms with Crippen LogP contribution in [0.2, 0.25) is 4.34 Å². The minimum atomic E-state index is -3.39. The maximum absolute atomic E-state index is 12.6. The molecule has 0 aromatic carbocycles. The molecule has 0 amide bonds. The molecular weight excluding hydrogens is 304 g/mol. The first-order valence-electron chi connectivity index (χ1n) is 6.44. The van der Waals surface area contributed by atoms with Gasteiger partial charge in [-0.25, -0.2) is 8.42 Å². The quantitative estimate of drug-likeness (QED) is 0.926. The summed E-state index contributed by atoms with van der Waals surface area (Å²) in [6, 6.07) is 1.92. The monoisotopic (exact) mass is 322 g/mol. The average Bonchev–Trinajstić information content (AvgIpc) is 2.71. The number of thiophene rings is 1. The first kappa shape index (κ1) is 15.3. The summed E-state index contributed by atoms with van der Waals surface area (Å²) in [4.78, 5) is 0. The molecule has 1 unspecified atom stereocenters. The van der Waals surface area contributed by atoms with Crippen molar-refractivity contribution in [2.24, 2.45) is 0 Å². The van der Waals surface area contributed by atoms with Crippen molar-refractivity contribution in [3.05, 3.63) is 16.0 Å². The van der Waals surface area contributed by atoms with E-state index < -0.39 is 10.0 Å². The topological polar surface area (TPSA) is 49.4 Å². The predicted molar refractivity (Wildman–Crippen MR) is 79.5 cm³/mol. The van der Waals surface area contributed by atoms with Crippen LogP contribution in [0.15, 0.2) is 10.3 Å². The fourth-order valence-corrected chi connectivity index (χ4v) is 5.69. The number of nitrogens with one attached hydrogen (secondary N) is 1. The van der Waals surface area contributed by atoms with Crippen molar-refractivity contribution in [2.45, 2.75) is 36.9 Å². The Kier molecular flexibility index (Phi) is 4.89. The SMILES string of the molecule is CCNC1CCCN(S(=O)(=O)c2cc(C)c(Cl)s2)C1. The second kappa shape index (κ2) is 6.10. The molecule has 108 valence electrons. The summed E-state index contributed by atoms with van der Waals surface area (Å²) in [7, 11) is -3.39. The Morgan fingerprint density at radius 2 is 2.32 bits per heavy atom. The number of hydrogen-bond donors (Lipinski definition) is 1. The molecule has 2 rings (SSSR count). The Hall–Kier alpha value is -0.140. The lowest BCUT2D eigenvalue weighted by Crippen LogP contribution is -2.47. The largest absolute Gasteiger partial charge is 0.313 e. The Balaban J connectivity index is 2.19. The van der Waals surface area contributed by atoms with Gasteiger partial charge in [-0.05, 0) is 37.9 Å². The second-order valence-electron chi connectivity index (χ2n) is 4.78. The third kappa shape index (κ3) is 3.31. The van der Waals surface area contributed by atoms with E-state index >= 15 is 0 Å². The van der Waals surface area contributed by atoms with E-state index in [0.29, 0.717) is 21.6 Å². The number of aryl methyl sites for hydroxylation is 1. The molecule has 0 radical (unpaired) electrons. The molecule has 19 heavy (non-hydrogen) atoms. The summed E-state index contributed by atoms with van der Waals surface area (Å²) in [5, 5.41) is 3.33. The van der Waals surface area contributed by atoms with Gasteiger partial charge in [0.25, 0.3) is 10.0 Å². The fourth-order valence-electron chi connectivity index (χ4n) is 2.30. The van der Waals surface area contributed by atoms with Gasteiger partial charge < -0.3 is 5.32 Å². The zero-order valence-electron chi connectivity index (χ0n) is 11.1. The molecule has 2 heterocycles. The molecular formula is C12H19ClN2O2S2. The van der Waals surface area contributed by atoms with Crippen molar-refractivity contribution in [3.63, 3.8) is 0 Å². The zero-order valence-corrected chi connectivity index (χ0v) is 13.5. The molecule has 1 aromatic rings. The van der Waals surface area contributed by atoms with Gasteiger partial charge in [0.15, 0.2) is 0 Å². The van der Waals surface area contributed by atoms with Crippen molar-refractivity contribution in [1.82, 2.24) is 9.62 Å². The van der Waals surface area contributed by atoms with Crippen molar-refractivity contribution >= 4 is 33.0 Å². The highest BCUT2D eigenvalue weighted by Gasteiger charge is 2.31. The number of hydrogen-bond acceptors (Lipinski definition) is 4. The maximum Gasteiger partial charge on any atom is 0.252 e. The van der Waals surface area contributed by atoms with E-state index in [4.69, 9.17) is 11.6 Å². The lowest BCUT2D eigenvalue weighted by Gasteiger charge is -2.31. The molecule has 0 aliphatic carbocycles. The first-order valence-corrected chi connectivity index (χ1v) is 9.08. The molecule has 1 saturated heterocycles. The summed E-state index contributed by atoms with van der Waals surface area (Å²) >= 11 is 7.12. The van der Waals surface area contributed by atoms with E-state index in [1.807, 2.05) is 13.8 Å². The van der Waals surface area contributed by atoms with Crippen LogP contribution in [0.3, 0.4) is 0 Å². The molecule has 1 aromatic heterocycles. The van der Waals surface area contributed by atoms with Crippen molar-refractivity contribution in [1.29, 1.82) is 0 Å². The van der Waals surface area contributed by atoms with Crippen molar-refractivity contribution < 1.29 is 8.42 Å². The Labute approximate surface area is 123 Å². The third-order valence-electron chi connectivity index (χ3n) is 3.31. The Morgan fingerprint density at radius 1 is 1.58 bits per heavy atom. The van der Waals surface area contributed by atoms with E-state index in [-0.39, 0.29) is 6.04 Å². The van der Waals surface area contributed by atoms with Crippen LogP contribution in [0, 0.1) is 6.92 Å². The second-order valence-corrected chi connectivity index (χ2v) is 8.60. The number of rotatable bonds is 4. The highest BCUT2D eigenvalue weighted by atomic mass is 35.5. The molecule has 7 heteroatoms. The molecule has 4 nitrogen and oxygen atoms in total. The maximum atomic E-state index is 12.6. The molecule has 1 aliphatic rings. The summed E-state index contributed by atoms with van der Waals surface area (Å²) < 4.78 is 27.6. The third-order valence-corrected chi connectivity index (χ3v) is 7.18. The van der Waals surface area contributed by atoms with E-state index in [2.05, 4.69) is 5.32 Å². The van der Waals surface area contributed by atoms with Crippen LogP contribution in [-0.4, -0.2) is 38.4 Å². The van der Waals surface area contributed by atoms with Gasteiger partial charge in [0.1, 0.15) is 4.21 Å². The van der Waals surface area contributed by atoms with Crippen LogP contribution in [0.1, 0.15) is 25.3 Å². The van der Waals surface area contributed by atoms with Gasteiger partial charge in [-0.2, -0.15) is 4.31 Å². The van der Waals surface area contributed by atoms with Gasteiger partial charge in [0, 0.05) is 19.1 Å². The average molecular weight is 323 g/mol. The van der Waals surface area contributed by atoms with Crippen molar-refractivity contribution in [3.8, 4) is 0 Å². The van der Waals surface area contributed by atoms with Crippen LogP contribution in [-0.2, 0) is 10.0 Å². The molecule has 0 spiro atoms. The first-order chi connectivity index (χ1) is 8.95. The van der Waals surface area contributed by atoms with E-state index in [1.54, 1.807) is 10.4 Å². The van der Waals surface area contributed by atoms with Crippen LogP contribution >= 0.6 is 22.9 Å². The van der Waals surface area contributed by atoms with E-state index in [9.17, 15) is 8.42 Å². The molecule has 1 fully saturated rings. The van der Waals surface area contributed by atoms with Crippen LogP contribution in [0.25, 0.3) is 0 Å². The lowest BCUT2D eigenvalue weighted by molar-refractivity contribution is 0.286. The summed E-state index contributed by atoms with van der Waals surface area (Å²) in [6.07, 6.45) is 1.93. The van der Waals surface area contributed by atoms with Crippen LogP contribution < -0.4 is 5.32 Å². The predicted octanol–water partition coefficient (Wildman–Crippen LogP) is 2.47. The molecule has 0 bridgehead atoms. The smallest absolute Gasteiger partial charge is 0.252 e. The number of piperidine rings is 1. The van der Waals surface area contributed by atoms with Gasteiger partial charge in [-0.1, -0.05) is 18.5 Å². The van der Waals surface area contributed by atoms with Gasteiger partial charge in [-0.15, -0.1) is 11.3 Å². The minimum absolute atomic E-state index is 0.255. The van der Waals surface area contributed by atoms with E-state index in [1.165, 1.54) is 0 Å². The molecule has 1 aliphatic heterocycles. The standard InChI is InChI=1S/C12H19ClN2O2S2/c1-3-14-10-5-4-6-15(8-10)19(16,17)11-7-9(2)12(13)18-11/h7,10,14H,3-6,8H2,1-2H3. The molecule has 1 atom stereocenters. The highest BCUT2D eigenvalue weighted by Crippen LogP contribution is 2.32. The van der Waals surface area contributed by atoms with Gasteiger partial charge in [0.05, 0.1) is 4.34 Å². The van der Waals surface area contributed by atoms with Gasteiger partial charge in [0.2, 0.25) is 0 Å². The number of halogens is 1. The summed E-state index contributed by atoms with van der Waals surface area (Å²) in [5.41, 5.74) is 0.825. The van der Waals surface area contributed by atoms with Crippen molar-refractivity contribution in [2.75, 3.05) is 19.6 Å². The summed E-state index contributed by atoms with van der Waals surface area (Å²) in [5.74, 6) is 0. The lowest BCUT2D eigenvalue weighted by atomic mass is 10.1. The molecule has 1 N–H and O–H groups in total. The minimum Gasteiger partial charge on any atom is -0.313 e. The number of sulfonamides is 1. The van der Waals surface area contributed by atoms with Crippen LogP contribution in [0.4, 0.5) is 0 Å². The zero-order chi connectivity index (χ0) is 14.0. The Morgan fingerprint density at radius 3 is 2.89 bits per heavy atom. The van der Waals surface area contributed by atoms with Gasteiger partial charge >= 0.3 is 0 Å². The van der Waals surface area contributed by atoms with Crippen LogP contribution in [0.5, 0.6) is 0 Å². The molecule has 0 saturated carbocycles. The number of likely N-dealkylation sites (N-methyl/N-ethyl adjacent to an activating group) is 1. The van der Waals surface area contributed by atoms with E-state index in [0.717, 1.165) is 36.3 Å². The summed E-state index contributed by atoms with van der Waals surface area (Å²) in [6.45, 7) is 5.87.